The van der Waals surface area contributed by atoms with Gasteiger partial charge in [-0.1, -0.05) is 29.3 Å². The summed E-state index contributed by atoms with van der Waals surface area (Å²) >= 11 is 12.2. The molecular formula is C24H21Cl2NO5. The number of rotatable bonds is 8. The van der Waals surface area contributed by atoms with E-state index in [1.54, 1.807) is 30.3 Å². The van der Waals surface area contributed by atoms with E-state index < -0.39 is 5.97 Å². The lowest BCUT2D eigenvalue weighted by Crippen LogP contribution is -2.07. The predicted octanol–water partition coefficient (Wildman–Crippen LogP) is 5.97. The second-order valence-electron chi connectivity index (χ2n) is 6.88. The molecule has 0 unspecified atom stereocenters. The number of halogens is 2. The van der Waals surface area contributed by atoms with Gasteiger partial charge in [-0.2, -0.15) is 5.26 Å². The Balaban J connectivity index is 1.98. The molecule has 0 radical (unpaired) electrons. The number of esters is 1. The highest BCUT2D eigenvalue weighted by Gasteiger charge is 2.25. The number of fused-ring (bicyclic) bond motifs is 1. The molecule has 0 fully saturated rings. The molecule has 0 heterocycles. The third-order valence-electron chi connectivity index (χ3n) is 4.76. The molecule has 3 aromatic carbocycles. The minimum absolute atomic E-state index is 0.205. The summed E-state index contributed by atoms with van der Waals surface area (Å²) in [5.74, 6) is 0.599. The molecule has 0 saturated carbocycles. The van der Waals surface area contributed by atoms with Crippen LogP contribution in [0, 0.1) is 11.3 Å². The van der Waals surface area contributed by atoms with E-state index in [0.717, 1.165) is 5.56 Å². The van der Waals surface area contributed by atoms with E-state index >= 15 is 0 Å². The third kappa shape index (κ3) is 5.01. The van der Waals surface area contributed by atoms with Gasteiger partial charge < -0.3 is 18.9 Å². The van der Waals surface area contributed by atoms with Crippen LogP contribution in [0.1, 0.15) is 24.5 Å². The van der Waals surface area contributed by atoms with Gasteiger partial charge in [0.15, 0.2) is 11.5 Å². The highest BCUT2D eigenvalue weighted by molar-refractivity contribution is 6.35. The molecule has 3 rings (SSSR count). The van der Waals surface area contributed by atoms with Gasteiger partial charge in [-0.05, 0) is 48.7 Å². The maximum Gasteiger partial charge on any atom is 0.308 e. The Morgan fingerprint density at radius 2 is 1.69 bits per heavy atom. The van der Waals surface area contributed by atoms with Gasteiger partial charge in [0, 0.05) is 27.7 Å². The fourth-order valence-corrected chi connectivity index (χ4v) is 3.87. The van der Waals surface area contributed by atoms with E-state index in [1.807, 2.05) is 6.07 Å². The summed E-state index contributed by atoms with van der Waals surface area (Å²) in [5.41, 5.74) is 1.39. The van der Waals surface area contributed by atoms with Crippen molar-refractivity contribution >= 4 is 39.9 Å². The number of nitrogens with zero attached hydrogens (tertiary/aromatic N) is 1. The zero-order valence-corrected chi connectivity index (χ0v) is 19.3. The van der Waals surface area contributed by atoms with Crippen LogP contribution in [0.2, 0.25) is 10.0 Å². The fourth-order valence-electron chi connectivity index (χ4n) is 3.37. The predicted molar refractivity (Wildman–Crippen MR) is 123 cm³/mol. The number of aryl methyl sites for hydroxylation is 1. The molecule has 0 N–H and O–H groups in total. The van der Waals surface area contributed by atoms with Crippen LogP contribution in [0.15, 0.2) is 36.4 Å². The summed E-state index contributed by atoms with van der Waals surface area (Å²) in [5, 5.41) is 11.7. The molecule has 0 aliphatic rings. The number of hydrogen-bond acceptors (Lipinski definition) is 6. The Labute approximate surface area is 196 Å². The van der Waals surface area contributed by atoms with E-state index in [-0.39, 0.29) is 17.2 Å². The zero-order valence-electron chi connectivity index (χ0n) is 17.8. The monoisotopic (exact) mass is 473 g/mol. The Morgan fingerprint density at radius 3 is 2.31 bits per heavy atom. The van der Waals surface area contributed by atoms with E-state index in [2.05, 4.69) is 6.07 Å². The normalized spacial score (nSPS) is 10.5. The van der Waals surface area contributed by atoms with Gasteiger partial charge in [-0.15, -0.1) is 0 Å². The zero-order chi connectivity index (χ0) is 23.3. The van der Waals surface area contributed by atoms with E-state index in [4.69, 9.17) is 42.1 Å². The van der Waals surface area contributed by atoms with Crippen molar-refractivity contribution in [2.24, 2.45) is 0 Å². The van der Waals surface area contributed by atoms with E-state index in [0.29, 0.717) is 51.6 Å². The van der Waals surface area contributed by atoms with Crippen molar-refractivity contribution in [1.29, 1.82) is 5.26 Å². The quantitative estimate of drug-likeness (QED) is 0.227. The molecule has 0 saturated heterocycles. The number of hydrogen-bond donors (Lipinski definition) is 0. The number of ether oxygens (including phenoxy) is 4. The van der Waals surface area contributed by atoms with Crippen LogP contribution < -0.4 is 18.9 Å². The van der Waals surface area contributed by atoms with Crippen LogP contribution >= 0.6 is 23.2 Å². The van der Waals surface area contributed by atoms with Gasteiger partial charge in [0.1, 0.15) is 0 Å². The molecule has 0 aliphatic heterocycles. The van der Waals surface area contributed by atoms with Crippen LogP contribution in [0.5, 0.6) is 23.0 Å². The van der Waals surface area contributed by atoms with Crippen molar-refractivity contribution in [3.8, 4) is 29.1 Å². The number of nitriles is 1. The van der Waals surface area contributed by atoms with Crippen LogP contribution in [-0.2, 0) is 11.2 Å². The smallest absolute Gasteiger partial charge is 0.308 e. The maximum atomic E-state index is 11.7. The molecule has 0 aromatic heterocycles. The molecule has 0 amide bonds. The number of carbonyl (C=O) groups is 1. The summed E-state index contributed by atoms with van der Waals surface area (Å²) < 4.78 is 22.6. The standard InChI is InChI=1S/C24H21Cl2NO5/c1-14(28)32-22-18-9-6-15(13-27)11-19(18)21(23(29-2)24(22)30-3)31-10-4-5-16-7-8-17(25)12-20(16)26/h6-9,11-12H,4-5,10H2,1-3H3. The van der Waals surface area contributed by atoms with Gasteiger partial charge >= 0.3 is 5.97 Å². The molecule has 32 heavy (non-hydrogen) atoms. The molecule has 6 nitrogen and oxygen atoms in total. The van der Waals surface area contributed by atoms with Crippen LogP contribution in [0.3, 0.4) is 0 Å². The van der Waals surface area contributed by atoms with Crippen molar-refractivity contribution in [2.45, 2.75) is 19.8 Å². The summed E-state index contributed by atoms with van der Waals surface area (Å²) in [6.07, 6.45) is 1.35. The number of carbonyl (C=O) groups excluding carboxylic acids is 1. The van der Waals surface area contributed by atoms with Crippen molar-refractivity contribution in [1.82, 2.24) is 0 Å². The molecule has 0 aliphatic carbocycles. The molecule has 0 spiro atoms. The summed E-state index contributed by atoms with van der Waals surface area (Å²) in [4.78, 5) is 11.7. The first kappa shape index (κ1) is 23.5. The van der Waals surface area contributed by atoms with Crippen molar-refractivity contribution in [3.05, 3.63) is 57.6 Å². The average Bonchev–Trinajstić information content (AvgIpc) is 2.77. The Bertz CT molecular complexity index is 1200. The third-order valence-corrected chi connectivity index (χ3v) is 5.35. The SMILES string of the molecule is COc1c(OC)c(OC(C)=O)c2ccc(C#N)cc2c1OCCCc1ccc(Cl)cc1Cl. The summed E-state index contributed by atoms with van der Waals surface area (Å²) in [7, 11) is 2.92. The fraction of sp³-hybridized carbons (Fsp3) is 0.250. The molecule has 3 aromatic rings. The van der Waals surface area contributed by atoms with Crippen molar-refractivity contribution in [3.63, 3.8) is 0 Å². The van der Waals surface area contributed by atoms with Crippen LogP contribution in [0.25, 0.3) is 10.8 Å². The van der Waals surface area contributed by atoms with Gasteiger partial charge in [-0.25, -0.2) is 0 Å². The Morgan fingerprint density at radius 1 is 0.969 bits per heavy atom. The largest absolute Gasteiger partial charge is 0.490 e. The minimum atomic E-state index is -0.510. The van der Waals surface area contributed by atoms with Gasteiger partial charge in [0.25, 0.3) is 0 Å². The highest BCUT2D eigenvalue weighted by Crippen LogP contribution is 2.51. The highest BCUT2D eigenvalue weighted by atomic mass is 35.5. The first-order valence-corrected chi connectivity index (χ1v) is 10.5. The molecule has 0 bridgehead atoms. The van der Waals surface area contributed by atoms with Gasteiger partial charge in [-0.3, -0.25) is 4.79 Å². The van der Waals surface area contributed by atoms with Crippen molar-refractivity contribution < 1.29 is 23.7 Å². The number of methoxy groups -OCH3 is 2. The average molecular weight is 474 g/mol. The summed E-state index contributed by atoms with van der Waals surface area (Å²) in [6, 6.07) is 12.5. The second kappa shape index (κ2) is 10.4. The first-order chi connectivity index (χ1) is 15.4. The van der Waals surface area contributed by atoms with Crippen molar-refractivity contribution in [2.75, 3.05) is 20.8 Å². The van der Waals surface area contributed by atoms with Gasteiger partial charge in [0.2, 0.25) is 11.5 Å². The van der Waals surface area contributed by atoms with E-state index in [1.165, 1.54) is 21.1 Å². The summed E-state index contributed by atoms with van der Waals surface area (Å²) in [6.45, 7) is 1.64. The number of benzene rings is 3. The van der Waals surface area contributed by atoms with Crippen LogP contribution in [0.4, 0.5) is 0 Å². The topological polar surface area (TPSA) is 77.8 Å². The minimum Gasteiger partial charge on any atom is -0.490 e. The molecule has 0 atom stereocenters. The Kier molecular flexibility index (Phi) is 7.68. The lowest BCUT2D eigenvalue weighted by Gasteiger charge is -2.20. The van der Waals surface area contributed by atoms with Crippen LogP contribution in [-0.4, -0.2) is 26.8 Å². The lowest BCUT2D eigenvalue weighted by molar-refractivity contribution is -0.131. The van der Waals surface area contributed by atoms with E-state index in [9.17, 15) is 10.1 Å². The maximum absolute atomic E-state index is 11.7. The second-order valence-corrected chi connectivity index (χ2v) is 7.72. The molecule has 8 heteroatoms. The molecule has 166 valence electrons. The first-order valence-electron chi connectivity index (χ1n) is 9.76. The molecular weight excluding hydrogens is 453 g/mol. The van der Waals surface area contributed by atoms with Gasteiger partial charge in [0.05, 0.1) is 32.5 Å². The Hall–Kier alpha value is -3.14. The lowest BCUT2D eigenvalue weighted by atomic mass is 10.0.